The van der Waals surface area contributed by atoms with Crippen LogP contribution in [0, 0.1) is 0 Å². The first-order chi connectivity index (χ1) is 17.5. The van der Waals surface area contributed by atoms with Crippen LogP contribution in [-0.2, 0) is 16.1 Å². The fourth-order valence-electron chi connectivity index (χ4n) is 3.76. The number of amides is 2. The van der Waals surface area contributed by atoms with E-state index in [1.807, 2.05) is 18.2 Å². The number of para-hydroxylation sites is 1. The fraction of sp³-hybridized carbons (Fsp3) is 0.192. The number of nitrogens with one attached hydrogen (secondary N) is 1. The van der Waals surface area contributed by atoms with E-state index in [0.29, 0.717) is 38.8 Å². The second-order valence-corrected chi connectivity index (χ2v) is 9.62. The molecule has 3 aromatic rings. The van der Waals surface area contributed by atoms with E-state index in [2.05, 4.69) is 5.32 Å². The van der Waals surface area contributed by atoms with Gasteiger partial charge in [-0.3, -0.25) is 14.5 Å². The van der Waals surface area contributed by atoms with E-state index in [-0.39, 0.29) is 31.6 Å². The SMILES string of the molecule is COc1ccc(N=C2S[C@@H](C(=O)Nc3ccccc3Cl)CC(=O)N2Cc2ccc3c(c2)OCO3)cc1. The molecule has 1 N–H and O–H groups in total. The molecule has 1 fully saturated rings. The number of benzene rings is 3. The highest BCUT2D eigenvalue weighted by Gasteiger charge is 2.36. The van der Waals surface area contributed by atoms with Crippen molar-refractivity contribution in [3.63, 3.8) is 0 Å². The van der Waals surface area contributed by atoms with Crippen molar-refractivity contribution in [1.29, 1.82) is 0 Å². The molecular weight excluding hydrogens is 502 g/mol. The maximum Gasteiger partial charge on any atom is 0.238 e. The number of rotatable bonds is 6. The molecule has 0 radical (unpaired) electrons. The van der Waals surface area contributed by atoms with Gasteiger partial charge >= 0.3 is 0 Å². The highest BCUT2D eigenvalue weighted by atomic mass is 35.5. The van der Waals surface area contributed by atoms with E-state index >= 15 is 0 Å². The number of fused-ring (bicyclic) bond motifs is 1. The highest BCUT2D eigenvalue weighted by Crippen LogP contribution is 2.35. The molecule has 2 amide bonds. The molecule has 184 valence electrons. The second-order valence-electron chi connectivity index (χ2n) is 8.04. The summed E-state index contributed by atoms with van der Waals surface area (Å²) in [6.07, 6.45) is 0.0210. The summed E-state index contributed by atoms with van der Waals surface area (Å²) in [5.74, 6) is 1.47. The number of amidine groups is 1. The maximum atomic E-state index is 13.3. The molecule has 0 saturated carbocycles. The van der Waals surface area contributed by atoms with Gasteiger partial charge in [0.05, 0.1) is 30.1 Å². The molecule has 1 atom stereocenters. The Kier molecular flexibility index (Phi) is 7.02. The van der Waals surface area contributed by atoms with Crippen LogP contribution >= 0.6 is 23.4 Å². The van der Waals surface area contributed by atoms with Crippen LogP contribution in [0.5, 0.6) is 17.2 Å². The van der Waals surface area contributed by atoms with E-state index < -0.39 is 5.25 Å². The summed E-state index contributed by atoms with van der Waals surface area (Å²) in [7, 11) is 1.59. The van der Waals surface area contributed by atoms with Crippen LogP contribution in [0.15, 0.2) is 71.7 Å². The van der Waals surface area contributed by atoms with Crippen LogP contribution < -0.4 is 19.5 Å². The lowest BCUT2D eigenvalue weighted by Gasteiger charge is -2.32. The van der Waals surface area contributed by atoms with Crippen LogP contribution in [0.3, 0.4) is 0 Å². The summed E-state index contributed by atoms with van der Waals surface area (Å²) >= 11 is 7.44. The van der Waals surface area contributed by atoms with Crippen molar-refractivity contribution in [2.75, 3.05) is 19.2 Å². The lowest BCUT2D eigenvalue weighted by Crippen LogP contribution is -2.44. The van der Waals surface area contributed by atoms with E-state index in [1.165, 1.54) is 11.8 Å². The van der Waals surface area contributed by atoms with Crippen molar-refractivity contribution in [2.24, 2.45) is 4.99 Å². The van der Waals surface area contributed by atoms with Gasteiger partial charge < -0.3 is 19.5 Å². The molecule has 0 aromatic heterocycles. The van der Waals surface area contributed by atoms with E-state index in [9.17, 15) is 9.59 Å². The third-order valence-electron chi connectivity index (χ3n) is 5.64. The van der Waals surface area contributed by atoms with Crippen molar-refractivity contribution in [3.8, 4) is 17.2 Å². The van der Waals surface area contributed by atoms with Crippen molar-refractivity contribution in [3.05, 3.63) is 77.3 Å². The number of carbonyl (C=O) groups excluding carboxylic acids is 2. The number of ether oxygens (including phenoxy) is 3. The predicted octanol–water partition coefficient (Wildman–Crippen LogP) is 5.24. The normalized spacial score (nSPS) is 17.8. The molecule has 2 aliphatic heterocycles. The summed E-state index contributed by atoms with van der Waals surface area (Å²) in [6, 6.07) is 19.7. The van der Waals surface area contributed by atoms with Gasteiger partial charge in [0, 0.05) is 6.42 Å². The van der Waals surface area contributed by atoms with Crippen molar-refractivity contribution in [2.45, 2.75) is 18.2 Å². The first-order valence-electron chi connectivity index (χ1n) is 11.1. The van der Waals surface area contributed by atoms with Gasteiger partial charge in [-0.1, -0.05) is 41.6 Å². The first kappa shape index (κ1) is 24.0. The van der Waals surface area contributed by atoms with Gasteiger partial charge in [-0.15, -0.1) is 0 Å². The Morgan fingerprint density at radius 2 is 1.92 bits per heavy atom. The number of hydrogen-bond donors (Lipinski definition) is 1. The lowest BCUT2D eigenvalue weighted by molar-refractivity contribution is -0.129. The Hall–Kier alpha value is -3.69. The Morgan fingerprint density at radius 1 is 1.14 bits per heavy atom. The lowest BCUT2D eigenvalue weighted by atomic mass is 10.1. The number of aliphatic imine (C=N–C) groups is 1. The number of carbonyl (C=O) groups is 2. The molecule has 1 saturated heterocycles. The van der Waals surface area contributed by atoms with E-state index in [4.69, 9.17) is 30.8 Å². The molecule has 5 rings (SSSR count). The minimum Gasteiger partial charge on any atom is -0.497 e. The van der Waals surface area contributed by atoms with Gasteiger partial charge in [-0.05, 0) is 54.1 Å². The van der Waals surface area contributed by atoms with Gasteiger partial charge in [-0.2, -0.15) is 0 Å². The molecule has 0 bridgehead atoms. The molecule has 0 unspecified atom stereocenters. The number of anilines is 1. The summed E-state index contributed by atoms with van der Waals surface area (Å²) in [5, 5.41) is 3.01. The summed E-state index contributed by atoms with van der Waals surface area (Å²) in [6.45, 7) is 0.444. The molecule has 0 spiro atoms. The zero-order valence-electron chi connectivity index (χ0n) is 19.3. The Balaban J connectivity index is 1.41. The monoisotopic (exact) mass is 523 g/mol. The van der Waals surface area contributed by atoms with Crippen molar-refractivity contribution in [1.82, 2.24) is 4.90 Å². The van der Waals surface area contributed by atoms with Crippen molar-refractivity contribution < 1.29 is 23.8 Å². The highest BCUT2D eigenvalue weighted by molar-refractivity contribution is 8.15. The number of methoxy groups -OCH3 is 1. The minimum absolute atomic E-state index is 0.0210. The molecular formula is C26H22ClN3O5S. The van der Waals surface area contributed by atoms with Gasteiger partial charge in [-0.25, -0.2) is 4.99 Å². The van der Waals surface area contributed by atoms with Gasteiger partial charge in [0.2, 0.25) is 18.6 Å². The first-order valence-corrected chi connectivity index (χ1v) is 12.4. The molecule has 3 aromatic carbocycles. The number of halogens is 1. The Bertz CT molecular complexity index is 1330. The molecule has 10 heteroatoms. The molecule has 0 aliphatic carbocycles. The minimum atomic E-state index is -0.668. The molecule has 2 heterocycles. The molecule has 2 aliphatic rings. The van der Waals surface area contributed by atoms with Gasteiger partial charge in [0.25, 0.3) is 0 Å². The largest absolute Gasteiger partial charge is 0.497 e. The topological polar surface area (TPSA) is 89.5 Å². The zero-order valence-corrected chi connectivity index (χ0v) is 20.8. The van der Waals surface area contributed by atoms with Crippen LogP contribution in [0.4, 0.5) is 11.4 Å². The third-order valence-corrected chi connectivity index (χ3v) is 7.16. The van der Waals surface area contributed by atoms with E-state index in [0.717, 1.165) is 5.56 Å². The predicted molar refractivity (Wildman–Crippen MR) is 139 cm³/mol. The third kappa shape index (κ3) is 5.27. The smallest absolute Gasteiger partial charge is 0.238 e. The van der Waals surface area contributed by atoms with Gasteiger partial charge in [0.1, 0.15) is 11.0 Å². The molecule has 8 nitrogen and oxygen atoms in total. The standard InChI is InChI=1S/C26H22ClN3O5S/c1-33-18-9-7-17(8-10-18)28-26-30(14-16-6-11-21-22(12-16)35-15-34-21)24(31)13-23(36-26)25(32)29-20-5-3-2-4-19(20)27/h2-12,23H,13-15H2,1H3,(H,29,32)/t23-/m1/s1. The summed E-state index contributed by atoms with van der Waals surface area (Å²) in [4.78, 5) is 32.7. The van der Waals surface area contributed by atoms with Crippen LogP contribution in [0.25, 0.3) is 0 Å². The number of nitrogens with zero attached hydrogens (tertiary/aromatic N) is 2. The van der Waals surface area contributed by atoms with Crippen LogP contribution in [0.1, 0.15) is 12.0 Å². The van der Waals surface area contributed by atoms with Crippen molar-refractivity contribution >= 4 is 51.7 Å². The number of thioether (sulfide) groups is 1. The molecule has 36 heavy (non-hydrogen) atoms. The average Bonchev–Trinajstić information content (AvgIpc) is 3.35. The fourth-order valence-corrected chi connectivity index (χ4v) is 5.04. The Morgan fingerprint density at radius 3 is 2.69 bits per heavy atom. The average molecular weight is 524 g/mol. The summed E-state index contributed by atoms with van der Waals surface area (Å²) < 4.78 is 16.1. The quantitative estimate of drug-likeness (QED) is 0.475. The number of hydrogen-bond acceptors (Lipinski definition) is 7. The zero-order chi connectivity index (χ0) is 25.1. The second kappa shape index (κ2) is 10.5. The maximum absolute atomic E-state index is 13.3. The van der Waals surface area contributed by atoms with E-state index in [1.54, 1.807) is 60.5 Å². The Labute approximate surface area is 217 Å². The summed E-state index contributed by atoms with van der Waals surface area (Å²) in [5.41, 5.74) is 1.98. The van der Waals surface area contributed by atoms with Crippen LogP contribution in [-0.4, -0.2) is 41.0 Å². The van der Waals surface area contributed by atoms with Gasteiger partial charge in [0.15, 0.2) is 16.7 Å². The van der Waals surface area contributed by atoms with Crippen LogP contribution in [0.2, 0.25) is 5.02 Å².